The number of hydrogen-bond acceptors (Lipinski definition) is 5. The van der Waals surface area contributed by atoms with Crippen molar-refractivity contribution in [3.8, 4) is 5.75 Å². The molecule has 188 valence electrons. The van der Waals surface area contributed by atoms with E-state index in [-0.39, 0.29) is 11.7 Å². The molecule has 0 bridgehead atoms. The molecule has 1 saturated carbocycles. The van der Waals surface area contributed by atoms with Gasteiger partial charge in [-0.15, -0.1) is 0 Å². The molecular formula is C28H37FN4O2. The van der Waals surface area contributed by atoms with Gasteiger partial charge in [0.25, 0.3) is 5.91 Å². The second kappa shape index (κ2) is 10.9. The zero-order valence-corrected chi connectivity index (χ0v) is 20.8. The number of pyridine rings is 1. The summed E-state index contributed by atoms with van der Waals surface area (Å²) in [6, 6.07) is 8.30. The highest BCUT2D eigenvalue weighted by molar-refractivity contribution is 5.94. The number of fused-ring (bicyclic) bond motifs is 1. The molecule has 35 heavy (non-hydrogen) atoms. The monoisotopic (exact) mass is 480 g/mol. The highest BCUT2D eigenvalue weighted by Crippen LogP contribution is 2.35. The molecule has 1 aliphatic carbocycles. The molecule has 1 aromatic heterocycles. The molecular weight excluding hydrogens is 443 g/mol. The predicted molar refractivity (Wildman–Crippen MR) is 136 cm³/mol. The van der Waals surface area contributed by atoms with Crippen LogP contribution in [0.1, 0.15) is 54.9 Å². The minimum absolute atomic E-state index is 0.0257. The van der Waals surface area contributed by atoms with Crippen molar-refractivity contribution in [2.45, 2.75) is 51.5 Å². The number of aromatic nitrogens is 1. The predicted octanol–water partition coefficient (Wildman–Crippen LogP) is 4.39. The Morgan fingerprint density at radius 3 is 2.54 bits per heavy atom. The molecule has 1 aromatic carbocycles. The Bertz CT molecular complexity index is 999. The van der Waals surface area contributed by atoms with Crippen LogP contribution in [0.15, 0.2) is 36.5 Å². The lowest BCUT2D eigenvalue weighted by Gasteiger charge is -2.38. The van der Waals surface area contributed by atoms with Gasteiger partial charge in [-0.2, -0.15) is 0 Å². The van der Waals surface area contributed by atoms with E-state index in [0.717, 1.165) is 76.1 Å². The average molecular weight is 481 g/mol. The summed E-state index contributed by atoms with van der Waals surface area (Å²) in [6.07, 6.45) is 8.60. The summed E-state index contributed by atoms with van der Waals surface area (Å²) in [4.78, 5) is 24.5. The van der Waals surface area contributed by atoms with Gasteiger partial charge in [0.05, 0.1) is 6.61 Å². The van der Waals surface area contributed by atoms with Crippen molar-refractivity contribution in [2.24, 2.45) is 5.92 Å². The van der Waals surface area contributed by atoms with Gasteiger partial charge in [0.15, 0.2) is 11.6 Å². The first-order valence-electron chi connectivity index (χ1n) is 13.3. The first kappa shape index (κ1) is 24.0. The number of benzene rings is 1. The van der Waals surface area contributed by atoms with Gasteiger partial charge in [-0.1, -0.05) is 0 Å². The smallest absolute Gasteiger partial charge is 0.254 e. The number of ether oxygens (including phenoxy) is 1. The van der Waals surface area contributed by atoms with E-state index >= 15 is 0 Å². The zero-order valence-electron chi connectivity index (χ0n) is 20.8. The van der Waals surface area contributed by atoms with Crippen LogP contribution in [0.2, 0.25) is 0 Å². The van der Waals surface area contributed by atoms with Gasteiger partial charge in [-0.25, -0.2) is 9.37 Å². The summed E-state index contributed by atoms with van der Waals surface area (Å²) in [5.74, 6) is 2.47. The molecule has 5 rings (SSSR count). The molecule has 0 radical (unpaired) electrons. The fourth-order valence-corrected chi connectivity index (χ4v) is 5.94. The first-order chi connectivity index (χ1) is 17.1. The molecule has 0 spiro atoms. The Labute approximate surface area is 208 Å². The lowest BCUT2D eigenvalue weighted by atomic mass is 9.83. The average Bonchev–Trinajstić information content (AvgIpc) is 3.39. The minimum atomic E-state index is -0.305. The summed E-state index contributed by atoms with van der Waals surface area (Å²) >= 11 is 0. The van der Waals surface area contributed by atoms with E-state index in [1.165, 1.54) is 37.0 Å². The van der Waals surface area contributed by atoms with Gasteiger partial charge in [-0.3, -0.25) is 9.69 Å². The molecule has 0 N–H and O–H groups in total. The Morgan fingerprint density at radius 1 is 1.09 bits per heavy atom. The lowest BCUT2D eigenvalue weighted by molar-refractivity contribution is 0.0617. The van der Waals surface area contributed by atoms with Crippen molar-refractivity contribution in [1.29, 1.82) is 0 Å². The van der Waals surface area contributed by atoms with Crippen molar-refractivity contribution in [3.05, 3.63) is 53.5 Å². The highest BCUT2D eigenvalue weighted by Gasteiger charge is 2.29. The standard InChI is InChI=1S/C28H37FN4O2/c1-2-33(28(34)23-5-7-24(29)8-6-23)25-9-3-21(4-10-25)12-15-31-16-18-32(19-17-31)27-26-22(11-14-30-27)13-20-35-26/h5-8,11,14,21,25H,2-4,9-10,12-13,15-20H2,1H3. The summed E-state index contributed by atoms with van der Waals surface area (Å²) in [5.41, 5.74) is 1.87. The Balaban J connectivity index is 1.06. The SMILES string of the molecule is CCN(C(=O)c1ccc(F)cc1)C1CCC(CCN2CCN(c3nccc4c3OCC4)CC2)CC1. The van der Waals surface area contributed by atoms with Crippen LogP contribution in [-0.2, 0) is 6.42 Å². The number of carbonyl (C=O) groups is 1. The molecule has 2 aromatic rings. The highest BCUT2D eigenvalue weighted by atomic mass is 19.1. The largest absolute Gasteiger partial charge is 0.489 e. The number of carbonyl (C=O) groups excluding carboxylic acids is 1. The van der Waals surface area contributed by atoms with E-state index in [2.05, 4.69) is 20.9 Å². The van der Waals surface area contributed by atoms with Crippen LogP contribution in [-0.4, -0.2) is 72.6 Å². The molecule has 1 amide bonds. The second-order valence-corrected chi connectivity index (χ2v) is 10.1. The fraction of sp³-hybridized carbons (Fsp3) is 0.571. The molecule has 7 heteroatoms. The van der Waals surface area contributed by atoms with Crippen molar-refractivity contribution >= 4 is 11.7 Å². The third-order valence-corrected chi connectivity index (χ3v) is 8.06. The Hall–Kier alpha value is -2.67. The molecule has 1 saturated heterocycles. The van der Waals surface area contributed by atoms with E-state index in [9.17, 15) is 9.18 Å². The van der Waals surface area contributed by atoms with Gasteiger partial charge in [-0.05, 0) is 81.8 Å². The fourth-order valence-electron chi connectivity index (χ4n) is 5.94. The Kier molecular flexibility index (Phi) is 7.51. The summed E-state index contributed by atoms with van der Waals surface area (Å²) < 4.78 is 19.1. The van der Waals surface area contributed by atoms with Gasteiger partial charge >= 0.3 is 0 Å². The molecule has 0 atom stereocenters. The first-order valence-corrected chi connectivity index (χ1v) is 13.3. The third-order valence-electron chi connectivity index (χ3n) is 8.06. The molecule has 6 nitrogen and oxygen atoms in total. The maximum absolute atomic E-state index is 13.2. The van der Waals surface area contributed by atoms with Gasteiger partial charge in [0.2, 0.25) is 0 Å². The molecule has 2 fully saturated rings. The van der Waals surface area contributed by atoms with Gasteiger partial charge in [0, 0.05) is 62.5 Å². The lowest BCUT2D eigenvalue weighted by Crippen LogP contribution is -2.47. The maximum Gasteiger partial charge on any atom is 0.254 e. The van der Waals surface area contributed by atoms with Gasteiger partial charge in [0.1, 0.15) is 5.82 Å². The molecule has 0 unspecified atom stereocenters. The van der Waals surface area contributed by atoms with Crippen LogP contribution in [0, 0.1) is 11.7 Å². The Morgan fingerprint density at radius 2 is 1.83 bits per heavy atom. The topological polar surface area (TPSA) is 48.9 Å². The quantitative estimate of drug-likeness (QED) is 0.588. The number of hydrogen-bond donors (Lipinski definition) is 0. The van der Waals surface area contributed by atoms with Crippen LogP contribution in [0.25, 0.3) is 0 Å². The van der Waals surface area contributed by atoms with Crippen LogP contribution >= 0.6 is 0 Å². The number of rotatable bonds is 7. The van der Waals surface area contributed by atoms with E-state index in [1.807, 2.05) is 18.0 Å². The van der Waals surface area contributed by atoms with Crippen LogP contribution in [0.5, 0.6) is 5.75 Å². The summed E-state index contributed by atoms with van der Waals surface area (Å²) in [7, 11) is 0. The number of amides is 1. The van der Waals surface area contributed by atoms with E-state index < -0.39 is 0 Å². The molecule has 2 aliphatic heterocycles. The summed E-state index contributed by atoms with van der Waals surface area (Å²) in [5, 5.41) is 0. The minimum Gasteiger partial charge on any atom is -0.489 e. The number of nitrogens with zero attached hydrogens (tertiary/aromatic N) is 4. The van der Waals surface area contributed by atoms with E-state index in [4.69, 9.17) is 4.74 Å². The maximum atomic E-state index is 13.2. The van der Waals surface area contributed by atoms with Crippen molar-refractivity contribution < 1.29 is 13.9 Å². The summed E-state index contributed by atoms with van der Waals surface area (Å²) in [6.45, 7) is 8.78. The number of anilines is 1. The van der Waals surface area contributed by atoms with Crippen molar-refractivity contribution in [2.75, 3.05) is 50.8 Å². The van der Waals surface area contributed by atoms with Gasteiger partial charge < -0.3 is 14.5 Å². The third kappa shape index (κ3) is 5.45. The van der Waals surface area contributed by atoms with Crippen molar-refractivity contribution in [1.82, 2.24) is 14.8 Å². The van der Waals surface area contributed by atoms with E-state index in [0.29, 0.717) is 18.2 Å². The second-order valence-electron chi connectivity index (χ2n) is 10.1. The van der Waals surface area contributed by atoms with Crippen LogP contribution < -0.4 is 9.64 Å². The molecule has 3 aliphatic rings. The molecule has 3 heterocycles. The number of halogens is 1. The normalized spacial score (nSPS) is 22.5. The zero-order chi connectivity index (χ0) is 24.2. The van der Waals surface area contributed by atoms with Crippen LogP contribution in [0.3, 0.4) is 0 Å². The van der Waals surface area contributed by atoms with Crippen molar-refractivity contribution in [3.63, 3.8) is 0 Å². The van der Waals surface area contributed by atoms with Crippen LogP contribution in [0.4, 0.5) is 10.2 Å². The van der Waals surface area contributed by atoms with E-state index in [1.54, 1.807) is 12.1 Å². The number of piperazine rings is 1.